The fourth-order valence-electron chi connectivity index (χ4n) is 1.76. The van der Waals surface area contributed by atoms with E-state index in [9.17, 15) is 14.7 Å². The number of nitrogens with one attached hydrogen (secondary N) is 1. The summed E-state index contributed by atoms with van der Waals surface area (Å²) in [5.74, 6) is -1.48. The van der Waals surface area contributed by atoms with Gasteiger partial charge in [0.1, 0.15) is 6.04 Å². The van der Waals surface area contributed by atoms with Gasteiger partial charge in [0.2, 0.25) is 0 Å². The Labute approximate surface area is 121 Å². The molecule has 0 aliphatic heterocycles. The molecule has 0 aliphatic rings. The molecule has 0 aromatic heterocycles. The first kappa shape index (κ1) is 15.7. The first-order valence-electron chi connectivity index (χ1n) is 6.17. The van der Waals surface area contributed by atoms with Crippen molar-refractivity contribution in [3.8, 4) is 0 Å². The summed E-state index contributed by atoms with van der Waals surface area (Å²) in [6.45, 7) is 5.53. The molecule has 0 heterocycles. The second kappa shape index (κ2) is 6.70. The zero-order chi connectivity index (χ0) is 14.6. The van der Waals surface area contributed by atoms with E-state index in [1.807, 2.05) is 26.8 Å². The summed E-state index contributed by atoms with van der Waals surface area (Å²) in [7, 11) is 0. The zero-order valence-corrected chi connectivity index (χ0v) is 12.8. The van der Waals surface area contributed by atoms with Crippen molar-refractivity contribution in [2.24, 2.45) is 5.92 Å². The molecule has 1 amide bonds. The summed E-state index contributed by atoms with van der Waals surface area (Å²) >= 11 is 3.36. The highest BCUT2D eigenvalue weighted by Gasteiger charge is 2.26. The van der Waals surface area contributed by atoms with Gasteiger partial charge in [0.05, 0.1) is 0 Å². The van der Waals surface area contributed by atoms with Gasteiger partial charge in [-0.05, 0) is 30.5 Å². The van der Waals surface area contributed by atoms with E-state index >= 15 is 0 Å². The molecule has 1 aromatic carbocycles. The predicted octanol–water partition coefficient (Wildman–Crippen LogP) is 2.99. The van der Waals surface area contributed by atoms with E-state index in [1.165, 1.54) is 0 Å². The van der Waals surface area contributed by atoms with E-state index < -0.39 is 12.0 Å². The van der Waals surface area contributed by atoms with E-state index in [-0.39, 0.29) is 11.8 Å². The molecule has 1 rings (SSSR count). The molecule has 0 bridgehead atoms. The molecule has 0 fully saturated rings. The van der Waals surface area contributed by atoms with Gasteiger partial charge < -0.3 is 10.4 Å². The fraction of sp³-hybridized carbons (Fsp3) is 0.429. The molecule has 0 spiro atoms. The first-order valence-corrected chi connectivity index (χ1v) is 6.96. The zero-order valence-electron chi connectivity index (χ0n) is 11.2. The topological polar surface area (TPSA) is 66.4 Å². The SMILES string of the molecule is CCC(C)C(NC(=O)c1cccc(Br)c1C)C(=O)O. The molecular formula is C14H18BrNO3. The molecule has 0 radical (unpaired) electrons. The second-order valence-corrected chi connectivity index (χ2v) is 5.44. The van der Waals surface area contributed by atoms with Crippen molar-refractivity contribution in [1.29, 1.82) is 0 Å². The van der Waals surface area contributed by atoms with Crippen molar-refractivity contribution in [2.45, 2.75) is 33.2 Å². The van der Waals surface area contributed by atoms with Gasteiger partial charge in [0.25, 0.3) is 5.91 Å². The highest BCUT2D eigenvalue weighted by Crippen LogP contribution is 2.20. The lowest BCUT2D eigenvalue weighted by Gasteiger charge is -2.20. The van der Waals surface area contributed by atoms with Crippen LogP contribution in [0.15, 0.2) is 22.7 Å². The second-order valence-electron chi connectivity index (χ2n) is 4.59. The van der Waals surface area contributed by atoms with Gasteiger partial charge in [-0.15, -0.1) is 0 Å². The van der Waals surface area contributed by atoms with E-state index in [0.717, 1.165) is 10.0 Å². The summed E-state index contributed by atoms with van der Waals surface area (Å²) in [4.78, 5) is 23.4. The molecule has 2 atom stereocenters. The van der Waals surface area contributed by atoms with Crippen LogP contribution in [0.25, 0.3) is 0 Å². The average Bonchev–Trinajstić information content (AvgIpc) is 2.37. The normalized spacial score (nSPS) is 13.7. The molecule has 0 aliphatic carbocycles. The molecule has 1 aromatic rings. The Morgan fingerprint density at radius 1 is 1.42 bits per heavy atom. The summed E-state index contributed by atoms with van der Waals surface area (Å²) in [6.07, 6.45) is 0.689. The molecular weight excluding hydrogens is 310 g/mol. The molecule has 2 unspecified atom stereocenters. The number of benzene rings is 1. The number of halogens is 1. The third-order valence-corrected chi connectivity index (χ3v) is 4.14. The third-order valence-electron chi connectivity index (χ3n) is 3.28. The third kappa shape index (κ3) is 3.80. The predicted molar refractivity (Wildman–Crippen MR) is 77.2 cm³/mol. The monoisotopic (exact) mass is 327 g/mol. The molecule has 19 heavy (non-hydrogen) atoms. The Morgan fingerprint density at radius 3 is 2.58 bits per heavy atom. The summed E-state index contributed by atoms with van der Waals surface area (Å²) in [6, 6.07) is 4.42. The van der Waals surface area contributed by atoms with Crippen LogP contribution in [0, 0.1) is 12.8 Å². The van der Waals surface area contributed by atoms with Gasteiger partial charge in [-0.2, -0.15) is 0 Å². The first-order chi connectivity index (χ1) is 8.88. The Bertz CT molecular complexity index is 488. The maximum absolute atomic E-state index is 12.2. The fourth-order valence-corrected chi connectivity index (χ4v) is 2.12. The van der Waals surface area contributed by atoms with E-state index in [2.05, 4.69) is 21.2 Å². The van der Waals surface area contributed by atoms with Crippen LogP contribution in [0.4, 0.5) is 0 Å². The van der Waals surface area contributed by atoms with Crippen LogP contribution >= 0.6 is 15.9 Å². The lowest BCUT2D eigenvalue weighted by Crippen LogP contribution is -2.45. The number of hydrogen-bond donors (Lipinski definition) is 2. The Balaban J connectivity index is 2.94. The quantitative estimate of drug-likeness (QED) is 0.873. The Kier molecular flexibility index (Phi) is 5.54. The molecule has 0 saturated carbocycles. The Hall–Kier alpha value is -1.36. The molecule has 2 N–H and O–H groups in total. The van der Waals surface area contributed by atoms with Crippen molar-refractivity contribution < 1.29 is 14.7 Å². The number of carbonyl (C=O) groups excluding carboxylic acids is 1. The number of aliphatic carboxylic acids is 1. The van der Waals surface area contributed by atoms with Crippen LogP contribution in [0.3, 0.4) is 0 Å². The highest BCUT2D eigenvalue weighted by molar-refractivity contribution is 9.10. The molecule has 0 saturated heterocycles. The molecule has 4 nitrogen and oxygen atoms in total. The number of amides is 1. The van der Waals surface area contributed by atoms with Crippen molar-refractivity contribution in [1.82, 2.24) is 5.32 Å². The van der Waals surface area contributed by atoms with Crippen LogP contribution < -0.4 is 5.32 Å². The van der Waals surface area contributed by atoms with Gasteiger partial charge in [0.15, 0.2) is 0 Å². The largest absolute Gasteiger partial charge is 0.480 e. The minimum Gasteiger partial charge on any atom is -0.480 e. The molecule has 5 heteroatoms. The number of carboxylic acid groups (broad SMARTS) is 1. The Morgan fingerprint density at radius 2 is 2.05 bits per heavy atom. The van der Waals surface area contributed by atoms with Crippen molar-refractivity contribution in [3.05, 3.63) is 33.8 Å². The van der Waals surface area contributed by atoms with Gasteiger partial charge >= 0.3 is 5.97 Å². The summed E-state index contributed by atoms with van der Waals surface area (Å²) < 4.78 is 0.829. The van der Waals surface area contributed by atoms with Crippen LogP contribution in [-0.4, -0.2) is 23.0 Å². The average molecular weight is 328 g/mol. The van der Waals surface area contributed by atoms with Gasteiger partial charge in [-0.25, -0.2) is 4.79 Å². The van der Waals surface area contributed by atoms with Crippen LogP contribution in [0.1, 0.15) is 36.2 Å². The van der Waals surface area contributed by atoms with Crippen molar-refractivity contribution in [3.63, 3.8) is 0 Å². The molecule has 104 valence electrons. The van der Waals surface area contributed by atoms with Gasteiger partial charge in [-0.3, -0.25) is 4.79 Å². The van der Waals surface area contributed by atoms with Crippen molar-refractivity contribution >= 4 is 27.8 Å². The summed E-state index contributed by atoms with van der Waals surface area (Å²) in [5, 5.41) is 11.8. The number of carbonyl (C=O) groups is 2. The van der Waals surface area contributed by atoms with Crippen LogP contribution in [-0.2, 0) is 4.79 Å². The van der Waals surface area contributed by atoms with Crippen LogP contribution in [0.5, 0.6) is 0 Å². The van der Waals surface area contributed by atoms with E-state index in [1.54, 1.807) is 12.1 Å². The maximum Gasteiger partial charge on any atom is 0.326 e. The van der Waals surface area contributed by atoms with E-state index in [0.29, 0.717) is 12.0 Å². The standard InChI is InChI=1S/C14H18BrNO3/c1-4-8(2)12(14(18)19)16-13(17)10-6-5-7-11(15)9(10)3/h5-8,12H,4H2,1-3H3,(H,16,17)(H,18,19). The maximum atomic E-state index is 12.2. The number of hydrogen-bond acceptors (Lipinski definition) is 2. The minimum absolute atomic E-state index is 0.117. The summed E-state index contributed by atoms with van der Waals surface area (Å²) in [5.41, 5.74) is 1.29. The highest BCUT2D eigenvalue weighted by atomic mass is 79.9. The number of carboxylic acids is 1. The smallest absolute Gasteiger partial charge is 0.326 e. The lowest BCUT2D eigenvalue weighted by molar-refractivity contribution is -0.140. The van der Waals surface area contributed by atoms with E-state index in [4.69, 9.17) is 0 Å². The van der Waals surface area contributed by atoms with Crippen LogP contribution in [0.2, 0.25) is 0 Å². The van der Waals surface area contributed by atoms with Gasteiger partial charge in [0, 0.05) is 10.0 Å². The van der Waals surface area contributed by atoms with Crippen molar-refractivity contribution in [2.75, 3.05) is 0 Å². The van der Waals surface area contributed by atoms with Gasteiger partial charge in [-0.1, -0.05) is 42.3 Å². The minimum atomic E-state index is -1.00. The number of rotatable bonds is 5. The lowest BCUT2D eigenvalue weighted by atomic mass is 9.98.